The van der Waals surface area contributed by atoms with Crippen molar-refractivity contribution >= 4 is 23.1 Å². The van der Waals surface area contributed by atoms with Gasteiger partial charge in [-0.2, -0.15) is 4.98 Å². The van der Waals surface area contributed by atoms with E-state index in [4.69, 9.17) is 9.26 Å². The van der Waals surface area contributed by atoms with Crippen molar-refractivity contribution in [1.82, 2.24) is 10.1 Å². The summed E-state index contributed by atoms with van der Waals surface area (Å²) >= 11 is 1.51. The third-order valence-electron chi connectivity index (χ3n) is 4.19. The van der Waals surface area contributed by atoms with Crippen LogP contribution in [0.3, 0.4) is 0 Å². The van der Waals surface area contributed by atoms with Gasteiger partial charge in [-0.05, 0) is 22.4 Å². The third-order valence-corrected chi connectivity index (χ3v) is 5.06. The first-order valence-corrected chi connectivity index (χ1v) is 9.87. The van der Waals surface area contributed by atoms with Gasteiger partial charge in [-0.15, -0.1) is 11.3 Å². The molecule has 0 atom stereocenters. The summed E-state index contributed by atoms with van der Waals surface area (Å²) in [6, 6.07) is 11.2. The number of hydrogen-bond acceptors (Lipinski definition) is 7. The summed E-state index contributed by atoms with van der Waals surface area (Å²) < 4.78 is 10.2. The topological polar surface area (TPSA) is 82.3 Å². The smallest absolute Gasteiger partial charge is 0.306 e. The van der Waals surface area contributed by atoms with Crippen molar-refractivity contribution in [2.75, 3.05) is 6.61 Å². The molecule has 146 valence electrons. The molecule has 7 heteroatoms. The fourth-order valence-corrected chi connectivity index (χ4v) is 3.18. The molecule has 2 heterocycles. The maximum Gasteiger partial charge on any atom is 0.306 e. The van der Waals surface area contributed by atoms with Crippen molar-refractivity contribution in [3.8, 4) is 10.7 Å². The zero-order valence-electron chi connectivity index (χ0n) is 16.1. The van der Waals surface area contributed by atoms with Crippen LogP contribution in [0, 0.1) is 0 Å². The van der Waals surface area contributed by atoms with Crippen molar-refractivity contribution in [2.45, 2.75) is 39.0 Å². The van der Waals surface area contributed by atoms with Crippen molar-refractivity contribution in [3.63, 3.8) is 0 Å². The van der Waals surface area contributed by atoms with Gasteiger partial charge in [0.05, 0.1) is 11.3 Å². The number of esters is 1. The molecule has 0 saturated carbocycles. The Balaban J connectivity index is 1.46. The van der Waals surface area contributed by atoms with Gasteiger partial charge in [0.15, 0.2) is 12.4 Å². The maximum absolute atomic E-state index is 12.2. The number of aryl methyl sites for hydroxylation is 1. The van der Waals surface area contributed by atoms with Gasteiger partial charge in [0.25, 0.3) is 0 Å². The number of carbonyl (C=O) groups excluding carboxylic acids is 2. The highest BCUT2D eigenvalue weighted by atomic mass is 32.1. The minimum atomic E-state index is -0.476. The molecule has 0 aliphatic rings. The number of rotatable bonds is 7. The Morgan fingerprint density at radius 1 is 1.14 bits per heavy atom. The van der Waals surface area contributed by atoms with Crippen molar-refractivity contribution in [3.05, 3.63) is 58.8 Å². The molecule has 0 bridgehead atoms. The molecule has 6 nitrogen and oxygen atoms in total. The lowest BCUT2D eigenvalue weighted by Gasteiger charge is -2.18. The Morgan fingerprint density at radius 3 is 2.54 bits per heavy atom. The highest BCUT2D eigenvalue weighted by Gasteiger charge is 2.16. The van der Waals surface area contributed by atoms with Crippen LogP contribution in [0.2, 0.25) is 0 Å². The Bertz CT molecular complexity index is 938. The summed E-state index contributed by atoms with van der Waals surface area (Å²) in [5.41, 5.74) is 1.69. The molecule has 0 amide bonds. The molecule has 0 saturated heterocycles. The molecule has 0 unspecified atom stereocenters. The summed E-state index contributed by atoms with van der Waals surface area (Å²) in [5, 5.41) is 5.82. The molecular weight excluding hydrogens is 376 g/mol. The van der Waals surface area contributed by atoms with Crippen LogP contribution in [0.4, 0.5) is 0 Å². The van der Waals surface area contributed by atoms with Gasteiger partial charge in [-0.1, -0.05) is 56.3 Å². The molecule has 0 aliphatic carbocycles. The van der Waals surface area contributed by atoms with Gasteiger partial charge < -0.3 is 9.26 Å². The highest BCUT2D eigenvalue weighted by molar-refractivity contribution is 7.13. The minimum absolute atomic E-state index is 0.0200. The zero-order valence-corrected chi connectivity index (χ0v) is 16.9. The summed E-state index contributed by atoms with van der Waals surface area (Å²) in [6.45, 7) is 6.05. The second-order valence-corrected chi connectivity index (χ2v) is 8.35. The van der Waals surface area contributed by atoms with E-state index in [9.17, 15) is 9.59 Å². The Labute approximate surface area is 167 Å². The first-order valence-electron chi connectivity index (χ1n) is 8.99. The van der Waals surface area contributed by atoms with Gasteiger partial charge >= 0.3 is 5.97 Å². The lowest BCUT2D eigenvalue weighted by molar-refractivity contribution is -0.142. The Hall–Kier alpha value is -2.80. The van der Waals surface area contributed by atoms with Crippen LogP contribution in [0.25, 0.3) is 10.7 Å². The number of ketones is 1. The van der Waals surface area contributed by atoms with Crippen LogP contribution >= 0.6 is 11.3 Å². The van der Waals surface area contributed by atoms with Gasteiger partial charge in [0, 0.05) is 12.0 Å². The number of nitrogens with zero attached hydrogens (tertiary/aromatic N) is 2. The van der Waals surface area contributed by atoms with Gasteiger partial charge in [0.2, 0.25) is 11.7 Å². The Kier molecular flexibility index (Phi) is 6.04. The quantitative estimate of drug-likeness (QED) is 0.432. The fraction of sp³-hybridized carbons (Fsp3) is 0.333. The van der Waals surface area contributed by atoms with Crippen LogP contribution < -0.4 is 0 Å². The van der Waals surface area contributed by atoms with E-state index in [0.29, 0.717) is 17.3 Å². The lowest BCUT2D eigenvalue weighted by atomic mass is 9.86. The van der Waals surface area contributed by atoms with Crippen LogP contribution in [0.5, 0.6) is 0 Å². The number of carbonyl (C=O) groups is 2. The van der Waals surface area contributed by atoms with Crippen LogP contribution in [0.1, 0.15) is 49.0 Å². The van der Waals surface area contributed by atoms with Crippen molar-refractivity contribution in [2.24, 2.45) is 0 Å². The monoisotopic (exact) mass is 398 g/mol. The number of ether oxygens (including phenoxy) is 1. The van der Waals surface area contributed by atoms with Crippen molar-refractivity contribution < 1.29 is 18.8 Å². The predicted molar refractivity (Wildman–Crippen MR) is 106 cm³/mol. The maximum atomic E-state index is 12.2. The molecule has 0 spiro atoms. The molecule has 2 aromatic heterocycles. The minimum Gasteiger partial charge on any atom is -0.457 e. The highest BCUT2D eigenvalue weighted by Crippen LogP contribution is 2.23. The molecule has 28 heavy (non-hydrogen) atoms. The lowest BCUT2D eigenvalue weighted by Crippen LogP contribution is -2.15. The molecular formula is C21H22N2O4S. The molecule has 3 aromatic rings. The van der Waals surface area contributed by atoms with Gasteiger partial charge in [0.1, 0.15) is 0 Å². The van der Waals surface area contributed by atoms with Crippen LogP contribution in [0.15, 0.2) is 46.3 Å². The first-order chi connectivity index (χ1) is 13.3. The predicted octanol–water partition coefficient (Wildman–Crippen LogP) is 4.45. The van der Waals surface area contributed by atoms with E-state index in [-0.39, 0.29) is 30.6 Å². The van der Waals surface area contributed by atoms with Crippen LogP contribution in [-0.2, 0) is 21.4 Å². The van der Waals surface area contributed by atoms with E-state index in [2.05, 4.69) is 30.9 Å². The first kappa shape index (κ1) is 19.9. The van der Waals surface area contributed by atoms with E-state index >= 15 is 0 Å². The number of Topliss-reactive ketones (excluding diaryl/α,β-unsaturated/α-hetero) is 1. The van der Waals surface area contributed by atoms with E-state index in [1.165, 1.54) is 11.3 Å². The van der Waals surface area contributed by atoms with Gasteiger partial charge in [-0.3, -0.25) is 9.59 Å². The average Bonchev–Trinajstić information content (AvgIpc) is 3.35. The number of benzene rings is 1. The summed E-state index contributed by atoms with van der Waals surface area (Å²) in [5.74, 6) is 0.166. The number of hydrogen-bond donors (Lipinski definition) is 0. The van der Waals surface area contributed by atoms with E-state index in [0.717, 1.165) is 10.4 Å². The second-order valence-electron chi connectivity index (χ2n) is 7.40. The van der Waals surface area contributed by atoms with E-state index < -0.39 is 5.97 Å². The van der Waals surface area contributed by atoms with Crippen molar-refractivity contribution in [1.29, 1.82) is 0 Å². The van der Waals surface area contributed by atoms with Crippen LogP contribution in [-0.4, -0.2) is 28.5 Å². The Morgan fingerprint density at radius 2 is 1.89 bits per heavy atom. The van der Waals surface area contributed by atoms with Gasteiger partial charge in [-0.25, -0.2) is 0 Å². The number of aromatic nitrogens is 2. The fourth-order valence-electron chi connectivity index (χ4n) is 2.53. The SMILES string of the molecule is CC(C)(C)c1ccc(C(=O)COC(=O)CCc2nc(-c3cccs3)no2)cc1. The largest absolute Gasteiger partial charge is 0.457 e. The molecule has 0 aliphatic heterocycles. The second kappa shape index (κ2) is 8.48. The molecule has 0 N–H and O–H groups in total. The summed E-state index contributed by atoms with van der Waals surface area (Å²) in [6.07, 6.45) is 0.341. The average molecular weight is 398 g/mol. The standard InChI is InChI=1S/C21H22N2O4S/c1-21(2,3)15-8-6-14(7-9-15)16(24)13-26-19(25)11-10-18-22-20(23-27-18)17-5-4-12-28-17/h4-9,12H,10-11,13H2,1-3H3. The number of thiophene rings is 1. The normalized spacial score (nSPS) is 11.4. The summed E-state index contributed by atoms with van der Waals surface area (Å²) in [4.78, 5) is 29.3. The molecule has 1 aromatic carbocycles. The summed E-state index contributed by atoms with van der Waals surface area (Å²) in [7, 11) is 0. The van der Waals surface area contributed by atoms with E-state index in [1.54, 1.807) is 12.1 Å². The third kappa shape index (κ3) is 5.13. The molecule has 0 radical (unpaired) electrons. The molecule has 3 rings (SSSR count). The zero-order chi connectivity index (χ0) is 20.1. The van der Waals surface area contributed by atoms with E-state index in [1.807, 2.05) is 29.6 Å². The molecule has 0 fully saturated rings.